The lowest BCUT2D eigenvalue weighted by atomic mass is 9.93. The van der Waals surface area contributed by atoms with Crippen LogP contribution in [0, 0.1) is 0 Å². The second kappa shape index (κ2) is 17.0. The van der Waals surface area contributed by atoms with Crippen LogP contribution in [0.4, 0.5) is 0 Å². The fourth-order valence-electron chi connectivity index (χ4n) is 4.80. The number of hydrogen-bond acceptors (Lipinski definition) is 12. The zero-order valence-corrected chi connectivity index (χ0v) is 22.5. The Morgan fingerprint density at radius 1 is 0.816 bits per heavy atom. The molecule has 2 aliphatic rings. The molecule has 10 atom stereocenters. The number of unbranched alkanes of at least 4 members (excludes halogenated alkanes) is 2. The normalized spacial score (nSPS) is 35.9. The van der Waals surface area contributed by atoms with Crippen molar-refractivity contribution in [2.75, 3.05) is 39.4 Å². The van der Waals surface area contributed by atoms with Crippen molar-refractivity contribution in [1.29, 1.82) is 0 Å². The molecular weight excluding hydrogens is 504 g/mol. The Morgan fingerprint density at radius 2 is 1.47 bits per heavy atom. The fraction of sp³-hybridized carbons (Fsp3) is 0.960. The van der Waals surface area contributed by atoms with Crippen molar-refractivity contribution in [3.8, 4) is 0 Å². The van der Waals surface area contributed by atoms with E-state index in [-0.39, 0.29) is 12.5 Å². The average molecular weight is 553 g/mol. The summed E-state index contributed by atoms with van der Waals surface area (Å²) >= 11 is 0. The first-order valence-corrected chi connectivity index (χ1v) is 13.7. The maximum absolute atomic E-state index is 11.6. The predicted octanol–water partition coefficient (Wildman–Crippen LogP) is -2.55. The highest BCUT2D eigenvalue weighted by Gasteiger charge is 2.43. The number of aliphatic hydroxyl groups excluding tert-OH is 7. The summed E-state index contributed by atoms with van der Waals surface area (Å²) in [6.07, 6.45) is -7.56. The number of hydrogen-bond donors (Lipinski definition) is 8. The van der Waals surface area contributed by atoms with Crippen LogP contribution in [-0.2, 0) is 19.0 Å². The molecule has 0 aliphatic carbocycles. The average Bonchev–Trinajstić information content (AvgIpc) is 2.89. The molecule has 2 heterocycles. The molecule has 0 radical (unpaired) electrons. The molecule has 13 heteroatoms. The molecule has 224 valence electrons. The molecule has 2 rings (SSSR count). The van der Waals surface area contributed by atoms with Gasteiger partial charge in [-0.25, -0.2) is 0 Å². The van der Waals surface area contributed by atoms with Gasteiger partial charge in [0.05, 0.1) is 25.4 Å². The van der Waals surface area contributed by atoms with Crippen molar-refractivity contribution >= 4 is 5.91 Å². The van der Waals surface area contributed by atoms with Gasteiger partial charge in [-0.05, 0) is 52.6 Å². The van der Waals surface area contributed by atoms with E-state index in [0.29, 0.717) is 45.4 Å². The predicted molar refractivity (Wildman–Crippen MR) is 135 cm³/mol. The first-order valence-electron chi connectivity index (χ1n) is 13.7. The summed E-state index contributed by atoms with van der Waals surface area (Å²) < 4.78 is 16.7. The van der Waals surface area contributed by atoms with Crippen LogP contribution >= 0.6 is 0 Å². The summed E-state index contributed by atoms with van der Waals surface area (Å²) in [7, 11) is 0. The number of ether oxygens (including phenoxy) is 3. The van der Waals surface area contributed by atoms with E-state index in [1.807, 2.05) is 6.92 Å². The highest BCUT2D eigenvalue weighted by Crippen LogP contribution is 2.24. The molecular formula is C25H48N2O11. The van der Waals surface area contributed by atoms with Gasteiger partial charge in [0.15, 0.2) is 6.29 Å². The fourth-order valence-corrected chi connectivity index (χ4v) is 4.80. The number of nitrogens with zero attached hydrogens (tertiary/aromatic N) is 1. The van der Waals surface area contributed by atoms with Crippen molar-refractivity contribution in [1.82, 2.24) is 10.2 Å². The molecule has 1 amide bonds. The summed E-state index contributed by atoms with van der Waals surface area (Å²) in [5.41, 5.74) is 0. The highest BCUT2D eigenvalue weighted by molar-refractivity contribution is 5.75. The largest absolute Gasteiger partial charge is 0.394 e. The molecule has 0 aromatic carbocycles. The molecule has 2 aliphatic heterocycles. The number of rotatable bonds is 16. The molecule has 0 unspecified atom stereocenters. The molecule has 8 N–H and O–H groups in total. The molecule has 0 saturated carbocycles. The van der Waals surface area contributed by atoms with E-state index in [9.17, 15) is 40.5 Å². The van der Waals surface area contributed by atoms with Crippen molar-refractivity contribution in [3.05, 3.63) is 0 Å². The van der Waals surface area contributed by atoms with Crippen molar-refractivity contribution < 1.29 is 54.8 Å². The van der Waals surface area contributed by atoms with Crippen molar-refractivity contribution in [3.63, 3.8) is 0 Å². The number of nitrogens with one attached hydrogen (secondary N) is 1. The standard InChI is InChI=1S/C25H48N2O11/c1-3-26-18(29)9-5-4-6-10-27(12-13-36-25-24(35)22(33)19(30)15(2)37-25)11-7-8-16-20(31)23(34)21(32)17(14-28)38-16/h15-17,19-25,28,30-35H,3-14H2,1-2H3,(H,26,29)/t15-,16+,17+,19+,20-,21+,22+,23+,24-,25+/m0/s1. The van der Waals surface area contributed by atoms with Crippen molar-refractivity contribution in [2.24, 2.45) is 0 Å². The number of amides is 1. The molecule has 0 aromatic rings. The number of carbonyl (C=O) groups excluding carboxylic acids is 1. The quantitative estimate of drug-likeness (QED) is 0.0933. The van der Waals surface area contributed by atoms with Gasteiger partial charge in [-0.1, -0.05) is 6.42 Å². The van der Waals surface area contributed by atoms with Crippen molar-refractivity contribution in [2.45, 2.75) is 114 Å². The monoisotopic (exact) mass is 552 g/mol. The Bertz CT molecular complexity index is 673. The summed E-state index contributed by atoms with van der Waals surface area (Å²) in [6.45, 7) is 5.57. The Kier molecular flexibility index (Phi) is 14.9. The lowest BCUT2D eigenvalue weighted by molar-refractivity contribution is -0.293. The van der Waals surface area contributed by atoms with Gasteiger partial charge in [-0.15, -0.1) is 0 Å². The van der Waals surface area contributed by atoms with E-state index in [4.69, 9.17) is 14.2 Å². The van der Waals surface area contributed by atoms with Crippen LogP contribution in [0.25, 0.3) is 0 Å². The van der Waals surface area contributed by atoms with Gasteiger partial charge in [0.2, 0.25) is 5.91 Å². The summed E-state index contributed by atoms with van der Waals surface area (Å²) in [5, 5.41) is 72.4. The van der Waals surface area contributed by atoms with E-state index < -0.39 is 67.8 Å². The van der Waals surface area contributed by atoms with E-state index in [1.54, 1.807) is 6.92 Å². The molecule has 0 aromatic heterocycles. The van der Waals surface area contributed by atoms with Gasteiger partial charge < -0.3 is 60.2 Å². The lowest BCUT2D eigenvalue weighted by Crippen LogP contribution is -2.58. The first-order chi connectivity index (χ1) is 18.1. The van der Waals surface area contributed by atoms with Gasteiger partial charge in [0.1, 0.15) is 42.7 Å². The molecule has 38 heavy (non-hydrogen) atoms. The lowest BCUT2D eigenvalue weighted by Gasteiger charge is -2.40. The zero-order valence-electron chi connectivity index (χ0n) is 22.5. The minimum absolute atomic E-state index is 0.0323. The Hall–Kier alpha value is -0.970. The van der Waals surface area contributed by atoms with Crippen LogP contribution in [0.15, 0.2) is 0 Å². The second-order valence-corrected chi connectivity index (χ2v) is 10.2. The van der Waals surface area contributed by atoms with Crippen LogP contribution in [0.5, 0.6) is 0 Å². The van der Waals surface area contributed by atoms with E-state index >= 15 is 0 Å². The number of aliphatic hydroxyl groups is 7. The molecule has 0 bridgehead atoms. The van der Waals surface area contributed by atoms with Crippen LogP contribution in [0.1, 0.15) is 52.4 Å². The van der Waals surface area contributed by atoms with E-state index in [2.05, 4.69) is 10.2 Å². The topological polar surface area (TPSA) is 202 Å². The van der Waals surface area contributed by atoms with E-state index in [0.717, 1.165) is 19.3 Å². The third-order valence-corrected chi connectivity index (χ3v) is 7.20. The first kappa shape index (κ1) is 33.2. The van der Waals surface area contributed by atoms with Gasteiger partial charge in [-0.3, -0.25) is 4.79 Å². The highest BCUT2D eigenvalue weighted by atomic mass is 16.7. The van der Waals surface area contributed by atoms with Gasteiger partial charge in [0.25, 0.3) is 0 Å². The Balaban J connectivity index is 1.84. The van der Waals surface area contributed by atoms with Crippen LogP contribution in [0.2, 0.25) is 0 Å². The zero-order chi connectivity index (χ0) is 28.2. The Labute approximate surface area is 224 Å². The number of carbonyl (C=O) groups is 1. The minimum Gasteiger partial charge on any atom is -0.394 e. The van der Waals surface area contributed by atoms with Crippen LogP contribution in [-0.4, -0.2) is 147 Å². The SMILES string of the molecule is CCNC(=O)CCCCCN(CCC[C@H]1O[C@H](CO)[C@@H](O)[C@H](O)[C@H]1O)CCO[C@@H]1O[C@@H](C)[C@@H](O)[C@@H](O)[C@@H]1O. The second-order valence-electron chi connectivity index (χ2n) is 10.2. The molecule has 0 spiro atoms. The van der Waals surface area contributed by atoms with Gasteiger partial charge >= 0.3 is 0 Å². The van der Waals surface area contributed by atoms with Crippen LogP contribution in [0.3, 0.4) is 0 Å². The Morgan fingerprint density at radius 3 is 2.16 bits per heavy atom. The third kappa shape index (κ3) is 9.89. The van der Waals surface area contributed by atoms with Gasteiger partial charge in [0, 0.05) is 19.5 Å². The molecule has 2 saturated heterocycles. The van der Waals surface area contributed by atoms with Gasteiger partial charge in [-0.2, -0.15) is 0 Å². The maximum Gasteiger partial charge on any atom is 0.219 e. The minimum atomic E-state index is -1.40. The summed E-state index contributed by atoms with van der Waals surface area (Å²) in [6, 6.07) is 0. The molecule has 2 fully saturated rings. The van der Waals surface area contributed by atoms with Crippen LogP contribution < -0.4 is 5.32 Å². The summed E-state index contributed by atoms with van der Waals surface area (Å²) in [5.74, 6) is 0.0323. The summed E-state index contributed by atoms with van der Waals surface area (Å²) in [4.78, 5) is 13.8. The maximum atomic E-state index is 11.6. The smallest absolute Gasteiger partial charge is 0.219 e. The van der Waals surface area contributed by atoms with E-state index in [1.165, 1.54) is 0 Å². The third-order valence-electron chi connectivity index (χ3n) is 7.20. The molecule has 13 nitrogen and oxygen atoms in total.